The van der Waals surface area contributed by atoms with Gasteiger partial charge in [0.05, 0.1) is 21.8 Å². The molecule has 1 aliphatic heterocycles. The Balaban J connectivity index is 1.42. The fourth-order valence-corrected chi connectivity index (χ4v) is 3.35. The molecule has 0 aliphatic carbocycles. The normalized spacial score (nSPS) is 14.1. The van der Waals surface area contributed by atoms with Crippen LogP contribution in [0.15, 0.2) is 53.1 Å². The molecule has 3 aromatic rings. The molecule has 10 heteroatoms. The van der Waals surface area contributed by atoms with Crippen LogP contribution in [0.1, 0.15) is 10.4 Å². The summed E-state index contributed by atoms with van der Waals surface area (Å²) in [6.45, 7) is 2.01. The van der Waals surface area contributed by atoms with Crippen LogP contribution < -0.4 is 4.90 Å². The van der Waals surface area contributed by atoms with E-state index < -0.39 is 4.92 Å². The van der Waals surface area contributed by atoms with Crippen molar-refractivity contribution in [3.63, 3.8) is 0 Å². The number of hydrogen-bond donors (Lipinski definition) is 0. The van der Waals surface area contributed by atoms with Gasteiger partial charge in [0.25, 0.3) is 11.6 Å². The second kappa shape index (κ2) is 7.88. The first kappa shape index (κ1) is 18.9. The molecule has 148 valence electrons. The summed E-state index contributed by atoms with van der Waals surface area (Å²) in [5.74, 6) is 1.03. The van der Waals surface area contributed by atoms with Crippen LogP contribution in [0.5, 0.6) is 0 Å². The Labute approximate surface area is 170 Å². The quantitative estimate of drug-likeness (QED) is 0.477. The molecule has 1 fully saturated rings. The molecule has 29 heavy (non-hydrogen) atoms. The second-order valence-corrected chi connectivity index (χ2v) is 6.86. The maximum Gasteiger partial charge on any atom is 0.270 e. The number of nitrogens with zero attached hydrogens (tertiary/aromatic N) is 5. The first-order valence-corrected chi connectivity index (χ1v) is 9.26. The van der Waals surface area contributed by atoms with Gasteiger partial charge in [0.1, 0.15) is 5.69 Å². The van der Waals surface area contributed by atoms with Crippen molar-refractivity contribution in [3.8, 4) is 11.5 Å². The highest BCUT2D eigenvalue weighted by Gasteiger charge is 2.26. The number of halogens is 1. The number of anilines is 1. The molecule has 3 heterocycles. The van der Waals surface area contributed by atoms with Crippen LogP contribution in [0.4, 0.5) is 11.5 Å². The summed E-state index contributed by atoms with van der Waals surface area (Å²) in [7, 11) is 0. The van der Waals surface area contributed by atoms with Crippen molar-refractivity contribution >= 4 is 29.0 Å². The average Bonchev–Trinajstić information content (AvgIpc) is 3.29. The third-order valence-corrected chi connectivity index (χ3v) is 5.04. The molecule has 9 nitrogen and oxygen atoms in total. The zero-order chi connectivity index (χ0) is 20.4. The standard InChI is InChI=1S/C19H16ClN5O4/c20-15-4-3-13(25(27)28)12-14(15)19(26)24-9-7-23(8-10-24)18-6-5-16(21-22-18)17-2-1-11-29-17/h1-6,11-12H,7-10H2. The summed E-state index contributed by atoms with van der Waals surface area (Å²) in [6.07, 6.45) is 1.58. The molecule has 1 aromatic carbocycles. The summed E-state index contributed by atoms with van der Waals surface area (Å²) < 4.78 is 5.31. The molecule has 0 radical (unpaired) electrons. The minimum atomic E-state index is -0.546. The van der Waals surface area contributed by atoms with Crippen molar-refractivity contribution < 1.29 is 14.1 Å². The fourth-order valence-electron chi connectivity index (χ4n) is 3.15. The highest BCUT2D eigenvalue weighted by Crippen LogP contribution is 2.25. The van der Waals surface area contributed by atoms with Crippen molar-refractivity contribution in [1.82, 2.24) is 15.1 Å². The summed E-state index contributed by atoms with van der Waals surface area (Å²) >= 11 is 6.09. The molecule has 1 aliphatic rings. The largest absolute Gasteiger partial charge is 0.463 e. The van der Waals surface area contributed by atoms with Gasteiger partial charge in [0.15, 0.2) is 11.6 Å². The van der Waals surface area contributed by atoms with Crippen molar-refractivity contribution in [2.75, 3.05) is 31.1 Å². The van der Waals surface area contributed by atoms with E-state index in [1.807, 2.05) is 23.1 Å². The van der Waals surface area contributed by atoms with E-state index in [4.69, 9.17) is 16.0 Å². The van der Waals surface area contributed by atoms with Crippen molar-refractivity contribution in [3.05, 3.63) is 69.4 Å². The molecule has 1 amide bonds. The molecule has 0 N–H and O–H groups in total. The molecule has 0 spiro atoms. The summed E-state index contributed by atoms with van der Waals surface area (Å²) in [5, 5.41) is 19.6. The topological polar surface area (TPSA) is 106 Å². The monoisotopic (exact) mass is 413 g/mol. The number of carbonyl (C=O) groups excluding carboxylic acids is 1. The summed E-state index contributed by atoms with van der Waals surface area (Å²) in [5.41, 5.74) is 0.619. The molecular weight excluding hydrogens is 398 g/mol. The van der Waals surface area contributed by atoms with Crippen LogP contribution in [-0.4, -0.2) is 52.1 Å². The van der Waals surface area contributed by atoms with E-state index in [1.54, 1.807) is 17.2 Å². The van der Waals surface area contributed by atoms with Gasteiger partial charge in [-0.05, 0) is 30.3 Å². The summed E-state index contributed by atoms with van der Waals surface area (Å²) in [6, 6.07) is 11.2. The first-order chi connectivity index (χ1) is 14.0. The highest BCUT2D eigenvalue weighted by molar-refractivity contribution is 6.33. The van der Waals surface area contributed by atoms with Gasteiger partial charge >= 0.3 is 0 Å². The minimum absolute atomic E-state index is 0.136. The molecule has 0 unspecified atom stereocenters. The van der Waals surface area contributed by atoms with Gasteiger partial charge in [0, 0.05) is 38.3 Å². The number of carbonyl (C=O) groups is 1. The van der Waals surface area contributed by atoms with E-state index in [2.05, 4.69) is 10.2 Å². The lowest BCUT2D eigenvalue weighted by atomic mass is 10.1. The highest BCUT2D eigenvalue weighted by atomic mass is 35.5. The van der Waals surface area contributed by atoms with Gasteiger partial charge in [-0.1, -0.05) is 11.6 Å². The van der Waals surface area contributed by atoms with Crippen LogP contribution in [0.25, 0.3) is 11.5 Å². The molecule has 1 saturated heterocycles. The van der Waals surface area contributed by atoms with E-state index in [0.29, 0.717) is 43.5 Å². The molecule has 0 bridgehead atoms. The lowest BCUT2D eigenvalue weighted by Crippen LogP contribution is -2.49. The smallest absolute Gasteiger partial charge is 0.270 e. The number of nitro benzene ring substituents is 1. The van der Waals surface area contributed by atoms with E-state index in [0.717, 1.165) is 0 Å². The van der Waals surface area contributed by atoms with Crippen LogP contribution in [0.2, 0.25) is 5.02 Å². The maximum absolute atomic E-state index is 12.8. The second-order valence-electron chi connectivity index (χ2n) is 6.45. The molecule has 2 aromatic heterocycles. The lowest BCUT2D eigenvalue weighted by Gasteiger charge is -2.35. The molecule has 4 rings (SSSR count). The Morgan fingerprint density at radius 3 is 2.52 bits per heavy atom. The maximum atomic E-state index is 12.8. The van der Waals surface area contributed by atoms with Gasteiger partial charge in [-0.25, -0.2) is 0 Å². The Bertz CT molecular complexity index is 1030. The number of benzene rings is 1. The third-order valence-electron chi connectivity index (χ3n) is 4.71. The molecule has 0 saturated carbocycles. The van der Waals surface area contributed by atoms with Gasteiger partial charge in [0.2, 0.25) is 0 Å². The van der Waals surface area contributed by atoms with Crippen LogP contribution >= 0.6 is 11.6 Å². The third kappa shape index (κ3) is 3.90. The van der Waals surface area contributed by atoms with E-state index in [9.17, 15) is 14.9 Å². The minimum Gasteiger partial charge on any atom is -0.463 e. The van der Waals surface area contributed by atoms with Gasteiger partial charge in [-0.15, -0.1) is 10.2 Å². The first-order valence-electron chi connectivity index (χ1n) is 8.89. The number of amides is 1. The van der Waals surface area contributed by atoms with E-state index >= 15 is 0 Å². The van der Waals surface area contributed by atoms with Crippen molar-refractivity contribution in [2.24, 2.45) is 0 Å². The van der Waals surface area contributed by atoms with Crippen LogP contribution in [0.3, 0.4) is 0 Å². The van der Waals surface area contributed by atoms with Crippen molar-refractivity contribution in [2.45, 2.75) is 0 Å². The number of aromatic nitrogens is 2. The molecular formula is C19H16ClN5O4. The van der Waals surface area contributed by atoms with E-state index in [-0.39, 0.29) is 22.2 Å². The SMILES string of the molecule is O=C(c1cc([N+](=O)[O-])ccc1Cl)N1CCN(c2ccc(-c3ccco3)nn2)CC1. The van der Waals surface area contributed by atoms with Crippen molar-refractivity contribution in [1.29, 1.82) is 0 Å². The molecule has 0 atom stereocenters. The van der Waals surface area contributed by atoms with Gasteiger partial charge in [-0.3, -0.25) is 14.9 Å². The number of non-ortho nitro benzene ring substituents is 1. The van der Waals surface area contributed by atoms with E-state index in [1.165, 1.54) is 18.2 Å². The average molecular weight is 414 g/mol. The predicted molar refractivity (Wildman–Crippen MR) is 106 cm³/mol. The van der Waals surface area contributed by atoms with Gasteiger partial charge in [-0.2, -0.15) is 0 Å². The number of rotatable bonds is 4. The zero-order valence-electron chi connectivity index (χ0n) is 15.2. The Morgan fingerprint density at radius 1 is 1.10 bits per heavy atom. The summed E-state index contributed by atoms with van der Waals surface area (Å²) in [4.78, 5) is 26.9. The number of hydrogen-bond acceptors (Lipinski definition) is 7. The zero-order valence-corrected chi connectivity index (χ0v) is 16.0. The number of nitro groups is 1. The Morgan fingerprint density at radius 2 is 1.90 bits per heavy atom. The number of piperazine rings is 1. The van der Waals surface area contributed by atoms with Crippen LogP contribution in [-0.2, 0) is 0 Å². The van der Waals surface area contributed by atoms with Crippen LogP contribution in [0, 0.1) is 10.1 Å². The Kier molecular flexibility index (Phi) is 5.13. The number of furan rings is 1. The fraction of sp³-hybridized carbons (Fsp3) is 0.211. The Hall–Kier alpha value is -3.46. The van der Waals surface area contributed by atoms with Gasteiger partial charge < -0.3 is 14.2 Å². The lowest BCUT2D eigenvalue weighted by molar-refractivity contribution is -0.384. The predicted octanol–water partition coefficient (Wildman–Crippen LogP) is 3.26.